The lowest BCUT2D eigenvalue weighted by Crippen LogP contribution is -2.36. The number of carbonyl (C=O) groups excluding carboxylic acids is 1. The Labute approximate surface area is 165 Å². The maximum Gasteiger partial charge on any atom is 0.232 e. The summed E-state index contributed by atoms with van der Waals surface area (Å²) in [5.41, 5.74) is 0.560. The average Bonchev–Trinajstić information content (AvgIpc) is 3.17. The largest absolute Gasteiger partial charge is 0.486 e. The number of ether oxygens (including phenoxy) is 2. The van der Waals surface area contributed by atoms with E-state index in [0.717, 1.165) is 25.9 Å². The highest BCUT2D eigenvalue weighted by molar-refractivity contribution is 5.98. The maximum absolute atomic E-state index is 12.9. The van der Waals surface area contributed by atoms with E-state index in [1.54, 1.807) is 0 Å². The molecule has 2 aromatic rings. The molecule has 1 saturated heterocycles. The zero-order valence-electron chi connectivity index (χ0n) is 16.7. The lowest BCUT2D eigenvalue weighted by Gasteiger charge is -2.30. The van der Waals surface area contributed by atoms with Crippen LogP contribution in [0.1, 0.15) is 55.7 Å². The minimum absolute atomic E-state index is 0.0363. The van der Waals surface area contributed by atoms with E-state index in [2.05, 4.69) is 35.8 Å². The first-order chi connectivity index (χ1) is 13.4. The number of hydrogen-bond donors (Lipinski definition) is 0. The van der Waals surface area contributed by atoms with E-state index in [-0.39, 0.29) is 17.1 Å². The summed E-state index contributed by atoms with van der Waals surface area (Å²) in [4.78, 5) is 19.7. The van der Waals surface area contributed by atoms with E-state index >= 15 is 0 Å². The number of hydrogen-bond acceptors (Lipinski definition) is 7. The predicted octanol–water partition coefficient (Wildman–Crippen LogP) is 3.23. The molecule has 1 aromatic carbocycles. The zero-order valence-corrected chi connectivity index (χ0v) is 16.7. The van der Waals surface area contributed by atoms with Crippen LogP contribution < -0.4 is 9.47 Å². The SMILES string of the molecule is CC(C)(C)c1nc(CN2CCC(C(=O)c3ccc4c(c3)OCCO4)CC2)no1. The van der Waals surface area contributed by atoms with Crippen LogP contribution in [0.3, 0.4) is 0 Å². The van der Waals surface area contributed by atoms with Crippen LogP contribution in [0.15, 0.2) is 22.7 Å². The molecular formula is C21H27N3O4. The Bertz CT molecular complexity index is 848. The number of rotatable bonds is 4. The van der Waals surface area contributed by atoms with Crippen molar-refractivity contribution in [2.24, 2.45) is 5.92 Å². The molecule has 4 rings (SSSR count). The molecule has 2 aliphatic rings. The van der Waals surface area contributed by atoms with Gasteiger partial charge >= 0.3 is 0 Å². The van der Waals surface area contributed by atoms with Crippen LogP contribution in [0, 0.1) is 5.92 Å². The molecule has 7 heteroatoms. The summed E-state index contributed by atoms with van der Waals surface area (Å²) < 4.78 is 16.5. The number of Topliss-reactive ketones (excluding diaryl/α,β-unsaturated/α-hetero) is 1. The van der Waals surface area contributed by atoms with Crippen molar-refractivity contribution in [2.45, 2.75) is 45.6 Å². The van der Waals surface area contributed by atoms with Crippen LogP contribution >= 0.6 is 0 Å². The van der Waals surface area contributed by atoms with E-state index in [4.69, 9.17) is 14.0 Å². The molecule has 150 valence electrons. The van der Waals surface area contributed by atoms with Crippen LogP contribution in [0.4, 0.5) is 0 Å². The molecule has 28 heavy (non-hydrogen) atoms. The lowest BCUT2D eigenvalue weighted by atomic mass is 9.88. The van der Waals surface area contributed by atoms with E-state index < -0.39 is 0 Å². The summed E-state index contributed by atoms with van der Waals surface area (Å²) in [6.07, 6.45) is 1.66. The fourth-order valence-electron chi connectivity index (χ4n) is 3.61. The minimum Gasteiger partial charge on any atom is -0.486 e. The molecule has 0 unspecified atom stereocenters. The monoisotopic (exact) mass is 385 g/mol. The van der Waals surface area contributed by atoms with Crippen LogP contribution in [0.25, 0.3) is 0 Å². The van der Waals surface area contributed by atoms with Gasteiger partial charge in [0.05, 0.1) is 6.54 Å². The number of ketones is 1. The van der Waals surface area contributed by atoms with Crippen molar-refractivity contribution in [1.82, 2.24) is 15.0 Å². The van der Waals surface area contributed by atoms with Crippen LogP contribution in [0.2, 0.25) is 0 Å². The fourth-order valence-corrected chi connectivity index (χ4v) is 3.61. The predicted molar refractivity (Wildman–Crippen MR) is 103 cm³/mol. The highest BCUT2D eigenvalue weighted by Crippen LogP contribution is 2.32. The Balaban J connectivity index is 1.34. The molecule has 0 radical (unpaired) electrons. The number of aromatic nitrogens is 2. The molecule has 0 spiro atoms. The average molecular weight is 385 g/mol. The standard InChI is InChI=1S/C21H27N3O4/c1-21(2,3)20-22-18(23-28-20)13-24-8-6-14(7-9-24)19(25)15-4-5-16-17(12-15)27-11-10-26-16/h4-5,12,14H,6-11,13H2,1-3H3. The third-order valence-corrected chi connectivity index (χ3v) is 5.26. The first-order valence-electron chi connectivity index (χ1n) is 9.89. The van der Waals surface area contributed by atoms with Gasteiger partial charge in [0.1, 0.15) is 13.2 Å². The topological polar surface area (TPSA) is 77.7 Å². The van der Waals surface area contributed by atoms with Gasteiger partial charge in [-0.25, -0.2) is 0 Å². The highest BCUT2D eigenvalue weighted by atomic mass is 16.6. The number of benzene rings is 1. The summed E-state index contributed by atoms with van der Waals surface area (Å²) in [6, 6.07) is 5.49. The molecule has 1 aromatic heterocycles. The molecular weight excluding hydrogens is 358 g/mol. The molecule has 0 bridgehead atoms. The van der Waals surface area contributed by atoms with Crippen LogP contribution in [-0.2, 0) is 12.0 Å². The van der Waals surface area contributed by atoms with Gasteiger partial charge in [-0.1, -0.05) is 25.9 Å². The second kappa shape index (κ2) is 7.54. The van der Waals surface area contributed by atoms with Crippen LogP contribution in [0.5, 0.6) is 11.5 Å². The van der Waals surface area contributed by atoms with Crippen molar-refractivity contribution in [3.63, 3.8) is 0 Å². The second-order valence-corrected chi connectivity index (χ2v) is 8.54. The first kappa shape index (κ1) is 18.9. The van der Waals surface area contributed by atoms with Crippen molar-refractivity contribution < 1.29 is 18.8 Å². The van der Waals surface area contributed by atoms with Gasteiger partial charge in [-0.2, -0.15) is 4.98 Å². The molecule has 0 saturated carbocycles. The second-order valence-electron chi connectivity index (χ2n) is 8.54. The molecule has 7 nitrogen and oxygen atoms in total. The summed E-state index contributed by atoms with van der Waals surface area (Å²) in [6.45, 7) is 9.59. The maximum atomic E-state index is 12.9. The van der Waals surface area contributed by atoms with Gasteiger partial charge in [0.15, 0.2) is 23.1 Å². The molecule has 0 aliphatic carbocycles. The third kappa shape index (κ3) is 4.04. The van der Waals surface area contributed by atoms with E-state index in [1.807, 2.05) is 18.2 Å². The summed E-state index contributed by atoms with van der Waals surface area (Å²) in [5.74, 6) is 2.97. The molecule has 0 amide bonds. The smallest absolute Gasteiger partial charge is 0.232 e. The Hall–Kier alpha value is -2.41. The Morgan fingerprint density at radius 1 is 1.14 bits per heavy atom. The molecule has 0 atom stereocenters. The minimum atomic E-state index is -0.145. The van der Waals surface area contributed by atoms with Gasteiger partial charge in [-0.15, -0.1) is 0 Å². The van der Waals surface area contributed by atoms with Gasteiger partial charge in [0, 0.05) is 16.9 Å². The van der Waals surface area contributed by atoms with Crippen molar-refractivity contribution in [2.75, 3.05) is 26.3 Å². The molecule has 3 heterocycles. The summed E-state index contributed by atoms with van der Waals surface area (Å²) in [7, 11) is 0. The number of likely N-dealkylation sites (tertiary alicyclic amines) is 1. The lowest BCUT2D eigenvalue weighted by molar-refractivity contribution is 0.0831. The highest BCUT2D eigenvalue weighted by Gasteiger charge is 2.28. The van der Waals surface area contributed by atoms with Gasteiger partial charge in [0.2, 0.25) is 5.89 Å². The molecule has 2 aliphatic heterocycles. The van der Waals surface area contributed by atoms with Crippen molar-refractivity contribution in [3.05, 3.63) is 35.5 Å². The number of piperidine rings is 1. The zero-order chi connectivity index (χ0) is 19.7. The summed E-state index contributed by atoms with van der Waals surface area (Å²) >= 11 is 0. The Morgan fingerprint density at radius 3 is 2.54 bits per heavy atom. The number of nitrogens with zero attached hydrogens (tertiary/aromatic N) is 3. The van der Waals surface area contributed by atoms with Crippen molar-refractivity contribution in [1.29, 1.82) is 0 Å². The van der Waals surface area contributed by atoms with E-state index in [0.29, 0.717) is 48.5 Å². The quantitative estimate of drug-likeness (QED) is 0.748. The fraction of sp³-hybridized carbons (Fsp3) is 0.571. The molecule has 1 fully saturated rings. The van der Waals surface area contributed by atoms with Gasteiger partial charge in [-0.3, -0.25) is 9.69 Å². The normalized spacial score (nSPS) is 18.2. The Morgan fingerprint density at radius 2 is 1.86 bits per heavy atom. The Kier molecular flexibility index (Phi) is 5.10. The van der Waals surface area contributed by atoms with Gasteiger partial charge in [-0.05, 0) is 44.1 Å². The van der Waals surface area contributed by atoms with E-state index in [1.165, 1.54) is 0 Å². The van der Waals surface area contributed by atoms with Crippen molar-refractivity contribution >= 4 is 5.78 Å². The number of carbonyl (C=O) groups is 1. The first-order valence-corrected chi connectivity index (χ1v) is 9.89. The van der Waals surface area contributed by atoms with Gasteiger partial charge < -0.3 is 14.0 Å². The summed E-state index contributed by atoms with van der Waals surface area (Å²) in [5, 5.41) is 4.10. The number of fused-ring (bicyclic) bond motifs is 1. The van der Waals surface area contributed by atoms with Crippen LogP contribution in [-0.4, -0.2) is 47.1 Å². The third-order valence-electron chi connectivity index (χ3n) is 5.26. The van der Waals surface area contributed by atoms with E-state index in [9.17, 15) is 4.79 Å². The molecule has 0 N–H and O–H groups in total. The van der Waals surface area contributed by atoms with Crippen molar-refractivity contribution in [3.8, 4) is 11.5 Å². The van der Waals surface area contributed by atoms with Gasteiger partial charge in [0.25, 0.3) is 0 Å².